The third kappa shape index (κ3) is 2.61. The van der Waals surface area contributed by atoms with E-state index in [1.807, 2.05) is 0 Å². The van der Waals surface area contributed by atoms with Crippen LogP contribution in [-0.2, 0) is 9.47 Å². The summed E-state index contributed by atoms with van der Waals surface area (Å²) in [5.41, 5.74) is 0.856. The number of hydrogen-bond acceptors (Lipinski definition) is 3. The van der Waals surface area contributed by atoms with E-state index in [1.165, 1.54) is 44.9 Å². The first kappa shape index (κ1) is 20.5. The van der Waals surface area contributed by atoms with Gasteiger partial charge in [0.1, 0.15) is 0 Å². The Hall–Kier alpha value is -0.120. The zero-order valence-corrected chi connectivity index (χ0v) is 19.7. The Morgan fingerprint density at radius 1 is 0.900 bits per heavy atom. The van der Waals surface area contributed by atoms with Gasteiger partial charge in [-0.1, -0.05) is 27.7 Å². The third-order valence-corrected chi connectivity index (χ3v) is 11.9. The number of aliphatic hydroxyl groups is 1. The molecule has 30 heavy (non-hydrogen) atoms. The first-order valence-corrected chi connectivity index (χ1v) is 13.2. The van der Waals surface area contributed by atoms with E-state index in [0.717, 1.165) is 43.6 Å². The fourth-order valence-electron chi connectivity index (χ4n) is 10.1. The second-order valence-corrected chi connectivity index (χ2v) is 13.2. The first-order chi connectivity index (χ1) is 14.3. The average Bonchev–Trinajstić information content (AvgIpc) is 3.16. The van der Waals surface area contributed by atoms with Gasteiger partial charge in [-0.25, -0.2) is 0 Å². The van der Waals surface area contributed by atoms with E-state index >= 15 is 0 Å². The number of hydrogen-bond donors (Lipinski definition) is 1. The van der Waals surface area contributed by atoms with Crippen molar-refractivity contribution in [1.82, 2.24) is 0 Å². The molecule has 3 unspecified atom stereocenters. The molecule has 2 aliphatic heterocycles. The average molecular weight is 417 g/mol. The molecule has 1 N–H and O–H groups in total. The Morgan fingerprint density at radius 3 is 2.47 bits per heavy atom. The van der Waals surface area contributed by atoms with Crippen molar-refractivity contribution in [2.45, 2.75) is 116 Å². The Balaban J connectivity index is 1.26. The summed E-state index contributed by atoms with van der Waals surface area (Å²) in [6, 6.07) is 0. The van der Waals surface area contributed by atoms with E-state index < -0.39 is 0 Å². The van der Waals surface area contributed by atoms with Crippen LogP contribution in [0.4, 0.5) is 0 Å². The SMILES string of the molecule is C[C@H]1CCC2(CC3O[C@H]4[C@@H]5CC[C@@H]6C[C@@H](O)CC[C@]6(C)[C@H]5CC[C@@]4(C)C3[C@@H]2C)OC1. The minimum Gasteiger partial charge on any atom is -0.393 e. The predicted molar refractivity (Wildman–Crippen MR) is 118 cm³/mol. The summed E-state index contributed by atoms with van der Waals surface area (Å²) in [5, 5.41) is 10.3. The van der Waals surface area contributed by atoms with Gasteiger partial charge in [0, 0.05) is 13.0 Å². The van der Waals surface area contributed by atoms with Crippen LogP contribution in [0.5, 0.6) is 0 Å². The van der Waals surface area contributed by atoms with Crippen molar-refractivity contribution in [2.75, 3.05) is 6.61 Å². The van der Waals surface area contributed by atoms with Crippen LogP contribution < -0.4 is 0 Å². The number of rotatable bonds is 0. The largest absolute Gasteiger partial charge is 0.393 e. The zero-order chi connectivity index (χ0) is 20.9. The van der Waals surface area contributed by atoms with Crippen molar-refractivity contribution in [3.05, 3.63) is 0 Å². The number of aliphatic hydroxyl groups excluding tert-OH is 1. The van der Waals surface area contributed by atoms with E-state index in [0.29, 0.717) is 40.8 Å². The highest BCUT2D eigenvalue weighted by Crippen LogP contribution is 2.69. The molecule has 6 rings (SSSR count). The van der Waals surface area contributed by atoms with Crippen molar-refractivity contribution in [3.63, 3.8) is 0 Å². The predicted octanol–water partition coefficient (Wildman–Crippen LogP) is 5.59. The molecule has 2 saturated heterocycles. The van der Waals surface area contributed by atoms with Gasteiger partial charge >= 0.3 is 0 Å². The molecule has 0 aromatic rings. The van der Waals surface area contributed by atoms with Crippen molar-refractivity contribution in [2.24, 2.45) is 46.3 Å². The molecule has 0 radical (unpaired) electrons. The van der Waals surface area contributed by atoms with Crippen LogP contribution in [-0.4, -0.2) is 35.6 Å². The summed E-state index contributed by atoms with van der Waals surface area (Å²) in [7, 11) is 0. The highest BCUT2D eigenvalue weighted by atomic mass is 16.5. The van der Waals surface area contributed by atoms with E-state index in [-0.39, 0.29) is 11.7 Å². The summed E-state index contributed by atoms with van der Waals surface area (Å²) < 4.78 is 13.7. The molecule has 1 spiro atoms. The maximum atomic E-state index is 10.3. The fraction of sp³-hybridized carbons (Fsp3) is 1.00. The van der Waals surface area contributed by atoms with Crippen LogP contribution in [0, 0.1) is 46.3 Å². The molecule has 0 aromatic carbocycles. The van der Waals surface area contributed by atoms with E-state index in [1.54, 1.807) is 0 Å². The van der Waals surface area contributed by atoms with Crippen LogP contribution >= 0.6 is 0 Å². The minimum absolute atomic E-state index is 0.0502. The normalized spacial score (nSPS) is 62.5. The monoisotopic (exact) mass is 416 g/mol. The smallest absolute Gasteiger partial charge is 0.0736 e. The summed E-state index contributed by atoms with van der Waals surface area (Å²) in [4.78, 5) is 0. The molecule has 0 aromatic heterocycles. The minimum atomic E-state index is -0.0502. The molecule has 4 saturated carbocycles. The lowest BCUT2D eigenvalue weighted by Crippen LogP contribution is -2.57. The summed E-state index contributed by atoms with van der Waals surface area (Å²) in [5.74, 6) is 4.28. The van der Waals surface area contributed by atoms with E-state index in [2.05, 4.69) is 27.7 Å². The topological polar surface area (TPSA) is 38.7 Å². The highest BCUT2D eigenvalue weighted by Gasteiger charge is 2.69. The Morgan fingerprint density at radius 2 is 1.70 bits per heavy atom. The molecular formula is C27H44O3. The molecule has 12 atom stereocenters. The van der Waals surface area contributed by atoms with Crippen molar-refractivity contribution in [3.8, 4) is 0 Å². The maximum Gasteiger partial charge on any atom is 0.0736 e. The zero-order valence-electron chi connectivity index (χ0n) is 19.7. The molecule has 3 nitrogen and oxygen atoms in total. The Bertz CT molecular complexity index is 684. The summed E-state index contributed by atoms with van der Waals surface area (Å²) in [6.45, 7) is 11.0. The molecule has 0 amide bonds. The van der Waals surface area contributed by atoms with Crippen LogP contribution in [0.15, 0.2) is 0 Å². The Labute approximate surface area is 183 Å². The van der Waals surface area contributed by atoms with Crippen molar-refractivity contribution in [1.29, 1.82) is 0 Å². The third-order valence-electron chi connectivity index (χ3n) is 11.9. The summed E-state index contributed by atoms with van der Waals surface area (Å²) >= 11 is 0. The second kappa shape index (κ2) is 6.70. The molecule has 0 bridgehead atoms. The van der Waals surface area contributed by atoms with Gasteiger partial charge in [0.15, 0.2) is 0 Å². The van der Waals surface area contributed by atoms with Gasteiger partial charge in [0.25, 0.3) is 0 Å². The second-order valence-electron chi connectivity index (χ2n) is 13.2. The van der Waals surface area contributed by atoms with Gasteiger partial charge in [-0.2, -0.15) is 0 Å². The van der Waals surface area contributed by atoms with Crippen molar-refractivity contribution < 1.29 is 14.6 Å². The van der Waals surface area contributed by atoms with E-state index in [9.17, 15) is 5.11 Å². The highest BCUT2D eigenvalue weighted by molar-refractivity contribution is 5.17. The van der Waals surface area contributed by atoms with Crippen LogP contribution in [0.25, 0.3) is 0 Å². The lowest BCUT2D eigenvalue weighted by Gasteiger charge is -2.60. The fourth-order valence-corrected chi connectivity index (χ4v) is 10.1. The Kier molecular flexibility index (Phi) is 4.58. The standard InChI is InChI=1S/C27H44O3/c1-16-7-12-27(29-15-16)14-22-23(17(27)2)26(4)11-9-21-20(24(26)30-22)6-5-18-13-19(28)8-10-25(18,21)3/h16-24,28H,5-15H2,1-4H3/t16-,17-,18+,19-,20+,21-,22?,23?,24-,25-,26-,27?/m0/s1. The lowest BCUT2D eigenvalue weighted by molar-refractivity contribution is -0.175. The van der Waals surface area contributed by atoms with Gasteiger partial charge in [0.05, 0.1) is 23.9 Å². The van der Waals surface area contributed by atoms with Gasteiger partial charge in [-0.15, -0.1) is 0 Å². The van der Waals surface area contributed by atoms with Gasteiger partial charge in [-0.05, 0) is 104 Å². The van der Waals surface area contributed by atoms with Crippen LogP contribution in [0.2, 0.25) is 0 Å². The molecular weight excluding hydrogens is 372 g/mol. The first-order valence-electron chi connectivity index (χ1n) is 13.2. The van der Waals surface area contributed by atoms with E-state index in [4.69, 9.17) is 9.47 Å². The summed E-state index contributed by atoms with van der Waals surface area (Å²) in [6.07, 6.45) is 13.1. The molecule has 4 aliphatic carbocycles. The van der Waals surface area contributed by atoms with Gasteiger partial charge in [0.2, 0.25) is 0 Å². The quantitative estimate of drug-likeness (QED) is 0.559. The van der Waals surface area contributed by atoms with Crippen LogP contribution in [0.3, 0.4) is 0 Å². The lowest BCUT2D eigenvalue weighted by atomic mass is 9.45. The molecule has 3 heteroatoms. The molecule has 6 fully saturated rings. The molecule has 2 heterocycles. The van der Waals surface area contributed by atoms with Gasteiger partial charge < -0.3 is 14.6 Å². The van der Waals surface area contributed by atoms with Gasteiger partial charge in [-0.3, -0.25) is 0 Å². The maximum absolute atomic E-state index is 10.3. The van der Waals surface area contributed by atoms with Crippen molar-refractivity contribution >= 4 is 0 Å². The van der Waals surface area contributed by atoms with Crippen LogP contribution in [0.1, 0.15) is 91.9 Å². The molecule has 6 aliphatic rings. The number of fused-ring (bicyclic) bond motifs is 7. The number of ether oxygens (including phenoxy) is 2. The molecule has 170 valence electrons.